The number of esters is 1. The number of halogens is 2. The predicted molar refractivity (Wildman–Crippen MR) is 107 cm³/mol. The first-order valence-corrected chi connectivity index (χ1v) is 8.86. The molecule has 1 N–H and O–H groups in total. The molecule has 0 aliphatic heterocycles. The molecule has 0 saturated carbocycles. The van der Waals surface area contributed by atoms with Gasteiger partial charge in [-0.3, -0.25) is 4.79 Å². The highest BCUT2D eigenvalue weighted by Gasteiger charge is 2.15. The Morgan fingerprint density at radius 1 is 0.852 bits per heavy atom. The fourth-order valence-electron chi connectivity index (χ4n) is 2.56. The monoisotopic (exact) mass is 399 g/mol. The van der Waals surface area contributed by atoms with Gasteiger partial charge in [0, 0.05) is 15.7 Å². The van der Waals surface area contributed by atoms with E-state index in [1.165, 1.54) is 0 Å². The van der Waals surface area contributed by atoms with E-state index in [1.807, 2.05) is 42.5 Å². The van der Waals surface area contributed by atoms with Crippen LogP contribution in [0.1, 0.15) is 10.4 Å². The van der Waals surface area contributed by atoms with Crippen molar-refractivity contribution in [1.82, 2.24) is 0 Å². The molecule has 6 heteroatoms. The summed E-state index contributed by atoms with van der Waals surface area (Å²) in [6, 6.07) is 21.2. The predicted octanol–water partition coefficient (Wildman–Crippen LogP) is 5.46. The van der Waals surface area contributed by atoms with Gasteiger partial charge in [-0.25, -0.2) is 4.79 Å². The summed E-state index contributed by atoms with van der Waals surface area (Å²) in [7, 11) is 0. The molecule has 0 aliphatic carbocycles. The van der Waals surface area contributed by atoms with Crippen LogP contribution in [0.5, 0.6) is 0 Å². The van der Waals surface area contributed by atoms with Crippen molar-refractivity contribution >= 4 is 40.8 Å². The van der Waals surface area contributed by atoms with E-state index < -0.39 is 18.5 Å². The molecule has 3 aromatic carbocycles. The third-order valence-corrected chi connectivity index (χ3v) is 4.15. The number of hydrogen-bond donors (Lipinski definition) is 1. The standard InChI is InChI=1S/C21H15Cl2NO3/c22-15-10-16(23)12-17(11-15)24-20(25)13-27-21(26)19-9-5-4-8-18(19)14-6-2-1-3-7-14/h1-12H,13H2,(H,24,25). The van der Waals surface area contributed by atoms with Gasteiger partial charge in [0.1, 0.15) is 0 Å². The molecule has 0 heterocycles. The number of hydrogen-bond acceptors (Lipinski definition) is 3. The maximum atomic E-state index is 12.5. The van der Waals surface area contributed by atoms with E-state index >= 15 is 0 Å². The highest BCUT2D eigenvalue weighted by Crippen LogP contribution is 2.24. The average Bonchev–Trinajstić information content (AvgIpc) is 2.66. The van der Waals surface area contributed by atoms with Gasteiger partial charge >= 0.3 is 5.97 Å². The van der Waals surface area contributed by atoms with Gasteiger partial charge in [0.15, 0.2) is 6.61 Å². The number of rotatable bonds is 5. The summed E-state index contributed by atoms with van der Waals surface area (Å²) in [4.78, 5) is 24.5. The molecule has 0 saturated heterocycles. The van der Waals surface area contributed by atoms with E-state index in [1.54, 1.807) is 30.3 Å². The van der Waals surface area contributed by atoms with Gasteiger partial charge in [-0.2, -0.15) is 0 Å². The van der Waals surface area contributed by atoms with Crippen LogP contribution in [0.15, 0.2) is 72.8 Å². The molecule has 1 amide bonds. The van der Waals surface area contributed by atoms with Crippen LogP contribution in [0.25, 0.3) is 11.1 Å². The van der Waals surface area contributed by atoms with Gasteiger partial charge in [0.05, 0.1) is 5.56 Å². The summed E-state index contributed by atoms with van der Waals surface area (Å²) in [6.07, 6.45) is 0. The molecule has 4 nitrogen and oxygen atoms in total. The SMILES string of the molecule is O=C(COC(=O)c1ccccc1-c1ccccc1)Nc1cc(Cl)cc(Cl)c1. The van der Waals surface area contributed by atoms with Crippen molar-refractivity contribution < 1.29 is 14.3 Å². The fraction of sp³-hybridized carbons (Fsp3) is 0.0476. The van der Waals surface area contributed by atoms with Crippen LogP contribution < -0.4 is 5.32 Å². The zero-order chi connectivity index (χ0) is 19.2. The minimum Gasteiger partial charge on any atom is -0.452 e. The molecule has 3 rings (SSSR count). The lowest BCUT2D eigenvalue weighted by Gasteiger charge is -2.10. The molecule has 136 valence electrons. The summed E-state index contributed by atoms with van der Waals surface area (Å²) >= 11 is 11.8. The minimum atomic E-state index is -0.575. The second-order valence-electron chi connectivity index (χ2n) is 5.69. The Labute approximate surface area is 166 Å². The Bertz CT molecular complexity index is 954. The molecular formula is C21H15Cl2NO3. The largest absolute Gasteiger partial charge is 0.452 e. The molecule has 0 aromatic heterocycles. The number of carbonyl (C=O) groups is 2. The van der Waals surface area contributed by atoms with Crippen molar-refractivity contribution in [3.8, 4) is 11.1 Å². The van der Waals surface area contributed by atoms with Crippen LogP contribution in [0.4, 0.5) is 5.69 Å². The Kier molecular flexibility index (Phi) is 6.12. The van der Waals surface area contributed by atoms with Crippen molar-refractivity contribution in [2.45, 2.75) is 0 Å². The number of benzene rings is 3. The molecule has 27 heavy (non-hydrogen) atoms. The van der Waals surface area contributed by atoms with Gasteiger partial charge in [0.2, 0.25) is 0 Å². The molecule has 0 bridgehead atoms. The second kappa shape index (κ2) is 8.71. The van der Waals surface area contributed by atoms with Crippen LogP contribution in [-0.2, 0) is 9.53 Å². The molecule has 0 radical (unpaired) electrons. The van der Waals surface area contributed by atoms with Crippen molar-refractivity contribution in [2.75, 3.05) is 11.9 Å². The van der Waals surface area contributed by atoms with Gasteiger partial charge in [0.25, 0.3) is 5.91 Å². The van der Waals surface area contributed by atoms with Gasteiger partial charge in [-0.1, -0.05) is 71.7 Å². The molecule has 3 aromatic rings. The Balaban J connectivity index is 1.67. The Morgan fingerprint density at radius 2 is 1.48 bits per heavy atom. The van der Waals surface area contributed by atoms with Crippen LogP contribution in [0, 0.1) is 0 Å². The smallest absolute Gasteiger partial charge is 0.339 e. The van der Waals surface area contributed by atoms with E-state index in [4.69, 9.17) is 27.9 Å². The van der Waals surface area contributed by atoms with Crippen LogP contribution in [0.2, 0.25) is 10.0 Å². The first-order chi connectivity index (χ1) is 13.0. The normalized spacial score (nSPS) is 10.3. The van der Waals surface area contributed by atoms with E-state index in [2.05, 4.69) is 5.32 Å². The first kappa shape index (κ1) is 19.0. The van der Waals surface area contributed by atoms with Crippen molar-refractivity contribution in [3.05, 3.63) is 88.4 Å². The summed E-state index contributed by atoms with van der Waals surface area (Å²) in [5, 5.41) is 3.38. The first-order valence-electron chi connectivity index (χ1n) is 8.10. The van der Waals surface area contributed by atoms with E-state index in [-0.39, 0.29) is 0 Å². The van der Waals surface area contributed by atoms with Crippen LogP contribution in [0.3, 0.4) is 0 Å². The van der Waals surface area contributed by atoms with Crippen LogP contribution >= 0.6 is 23.2 Å². The van der Waals surface area contributed by atoms with Gasteiger partial charge < -0.3 is 10.1 Å². The lowest BCUT2D eigenvalue weighted by molar-refractivity contribution is -0.119. The quantitative estimate of drug-likeness (QED) is 0.579. The number of anilines is 1. The maximum Gasteiger partial charge on any atom is 0.339 e. The lowest BCUT2D eigenvalue weighted by atomic mass is 10.00. The molecule has 0 fully saturated rings. The number of carbonyl (C=O) groups excluding carboxylic acids is 2. The van der Waals surface area contributed by atoms with Crippen LogP contribution in [-0.4, -0.2) is 18.5 Å². The fourth-order valence-corrected chi connectivity index (χ4v) is 3.09. The number of ether oxygens (including phenoxy) is 1. The third kappa shape index (κ3) is 5.09. The zero-order valence-electron chi connectivity index (χ0n) is 14.1. The molecule has 0 aliphatic rings. The minimum absolute atomic E-state index is 0.391. The van der Waals surface area contributed by atoms with E-state index in [0.717, 1.165) is 11.1 Å². The topological polar surface area (TPSA) is 55.4 Å². The summed E-state index contributed by atoms with van der Waals surface area (Å²) in [5.74, 6) is -1.06. The molecule has 0 unspecified atom stereocenters. The summed E-state index contributed by atoms with van der Waals surface area (Å²) in [5.41, 5.74) is 2.45. The maximum absolute atomic E-state index is 12.5. The summed E-state index contributed by atoms with van der Waals surface area (Å²) in [6.45, 7) is -0.425. The van der Waals surface area contributed by atoms with Crippen molar-refractivity contribution in [2.24, 2.45) is 0 Å². The molecule has 0 atom stereocenters. The van der Waals surface area contributed by atoms with Gasteiger partial charge in [-0.15, -0.1) is 0 Å². The van der Waals surface area contributed by atoms with Crippen molar-refractivity contribution in [3.63, 3.8) is 0 Å². The molecular weight excluding hydrogens is 385 g/mol. The zero-order valence-corrected chi connectivity index (χ0v) is 15.6. The second-order valence-corrected chi connectivity index (χ2v) is 6.57. The lowest BCUT2D eigenvalue weighted by Crippen LogP contribution is -2.21. The highest BCUT2D eigenvalue weighted by molar-refractivity contribution is 6.35. The van der Waals surface area contributed by atoms with Crippen molar-refractivity contribution in [1.29, 1.82) is 0 Å². The van der Waals surface area contributed by atoms with E-state index in [9.17, 15) is 9.59 Å². The summed E-state index contributed by atoms with van der Waals surface area (Å²) < 4.78 is 5.17. The highest BCUT2D eigenvalue weighted by atomic mass is 35.5. The van der Waals surface area contributed by atoms with Gasteiger partial charge in [-0.05, 0) is 35.4 Å². The third-order valence-electron chi connectivity index (χ3n) is 3.71. The Hall–Kier alpha value is -2.82. The average molecular weight is 400 g/mol. The van der Waals surface area contributed by atoms with E-state index in [0.29, 0.717) is 21.3 Å². The number of amides is 1. The molecule has 0 spiro atoms. The Morgan fingerprint density at radius 3 is 2.19 bits per heavy atom. The number of nitrogens with one attached hydrogen (secondary N) is 1.